The molecule has 98 valence electrons. The van der Waals surface area contributed by atoms with Crippen molar-refractivity contribution in [3.63, 3.8) is 0 Å². The van der Waals surface area contributed by atoms with E-state index in [2.05, 4.69) is 10.6 Å². The molecule has 0 aromatic heterocycles. The van der Waals surface area contributed by atoms with Crippen molar-refractivity contribution in [1.29, 1.82) is 0 Å². The maximum Gasteiger partial charge on any atom is 0.175 e. The van der Waals surface area contributed by atoms with Gasteiger partial charge in [-0.2, -0.15) is 0 Å². The summed E-state index contributed by atoms with van der Waals surface area (Å²) in [5.41, 5.74) is 1.28. The van der Waals surface area contributed by atoms with Gasteiger partial charge >= 0.3 is 0 Å². The maximum absolute atomic E-state index is 13.0. The Labute approximate surface area is 125 Å². The van der Waals surface area contributed by atoms with Gasteiger partial charge in [0.25, 0.3) is 0 Å². The first-order valence-electron chi connectivity index (χ1n) is 5.34. The van der Waals surface area contributed by atoms with Crippen molar-refractivity contribution in [2.45, 2.75) is 0 Å². The summed E-state index contributed by atoms with van der Waals surface area (Å²) in [5, 5.41) is 6.78. The number of benzene rings is 2. The third-order valence-corrected chi connectivity index (χ3v) is 3.12. The molecule has 2 aromatic rings. The molecule has 2 nitrogen and oxygen atoms in total. The summed E-state index contributed by atoms with van der Waals surface area (Å²) in [6.45, 7) is 0. The zero-order valence-corrected chi connectivity index (χ0v) is 11.9. The van der Waals surface area contributed by atoms with E-state index in [1.165, 1.54) is 12.1 Å². The summed E-state index contributed by atoms with van der Waals surface area (Å²) >= 11 is 16.8. The summed E-state index contributed by atoms with van der Waals surface area (Å²) in [4.78, 5) is 0. The number of halogens is 3. The van der Waals surface area contributed by atoms with Crippen molar-refractivity contribution in [2.24, 2.45) is 0 Å². The molecule has 0 atom stereocenters. The number of para-hydroxylation sites is 1. The van der Waals surface area contributed by atoms with Gasteiger partial charge < -0.3 is 10.6 Å². The third-order valence-electron chi connectivity index (χ3n) is 2.30. The Morgan fingerprint density at radius 3 is 2.42 bits per heavy atom. The molecule has 0 aliphatic carbocycles. The Morgan fingerprint density at radius 2 is 1.74 bits per heavy atom. The lowest BCUT2D eigenvalue weighted by atomic mass is 10.3. The highest BCUT2D eigenvalue weighted by molar-refractivity contribution is 7.80. The molecular formula is C13H9Cl2FN2S. The Kier molecular flexibility index (Phi) is 4.58. The van der Waals surface area contributed by atoms with Gasteiger partial charge in [0.15, 0.2) is 5.11 Å². The Hall–Kier alpha value is -1.36. The Morgan fingerprint density at radius 1 is 1.00 bits per heavy atom. The lowest BCUT2D eigenvalue weighted by molar-refractivity contribution is 0.628. The molecule has 0 amide bonds. The van der Waals surface area contributed by atoms with E-state index in [0.717, 1.165) is 0 Å². The van der Waals surface area contributed by atoms with E-state index in [0.29, 0.717) is 21.5 Å². The molecule has 6 heteroatoms. The third kappa shape index (κ3) is 3.80. The van der Waals surface area contributed by atoms with Gasteiger partial charge in [-0.3, -0.25) is 0 Å². The number of hydrogen-bond donors (Lipinski definition) is 2. The van der Waals surface area contributed by atoms with E-state index in [-0.39, 0.29) is 5.02 Å². The summed E-state index contributed by atoms with van der Waals surface area (Å²) in [6, 6.07) is 11.5. The van der Waals surface area contributed by atoms with E-state index < -0.39 is 5.82 Å². The quantitative estimate of drug-likeness (QED) is 0.768. The van der Waals surface area contributed by atoms with Crippen LogP contribution in [0.15, 0.2) is 42.5 Å². The van der Waals surface area contributed by atoms with E-state index in [1.807, 2.05) is 12.1 Å². The number of hydrogen-bond acceptors (Lipinski definition) is 1. The predicted molar refractivity (Wildman–Crippen MR) is 82.7 cm³/mol. The minimum atomic E-state index is -0.475. The summed E-state index contributed by atoms with van der Waals surface area (Å²) < 4.78 is 13.0. The first-order valence-corrected chi connectivity index (χ1v) is 6.50. The number of thiocarbonyl (C=S) groups is 1. The minimum absolute atomic E-state index is 0.0329. The lowest BCUT2D eigenvalue weighted by Gasteiger charge is -2.11. The van der Waals surface area contributed by atoms with Crippen LogP contribution in [0.25, 0.3) is 0 Å². The van der Waals surface area contributed by atoms with E-state index >= 15 is 0 Å². The average molecular weight is 315 g/mol. The van der Waals surface area contributed by atoms with Gasteiger partial charge in [0.05, 0.1) is 15.7 Å². The Bertz CT molecular complexity index is 619. The molecule has 0 saturated heterocycles. The monoisotopic (exact) mass is 314 g/mol. The fraction of sp³-hybridized carbons (Fsp3) is 0. The van der Waals surface area contributed by atoms with Gasteiger partial charge in [0.1, 0.15) is 5.82 Å². The molecule has 2 N–H and O–H groups in total. The molecule has 0 aliphatic heterocycles. The highest BCUT2D eigenvalue weighted by atomic mass is 35.5. The fourth-order valence-corrected chi connectivity index (χ4v) is 2.01. The minimum Gasteiger partial charge on any atom is -0.332 e. The van der Waals surface area contributed by atoms with Crippen LogP contribution in [0.3, 0.4) is 0 Å². The zero-order chi connectivity index (χ0) is 13.8. The van der Waals surface area contributed by atoms with Crippen LogP contribution in [-0.4, -0.2) is 5.11 Å². The predicted octanol–water partition coefficient (Wildman–Crippen LogP) is 4.94. The first-order chi connectivity index (χ1) is 9.06. The highest BCUT2D eigenvalue weighted by Crippen LogP contribution is 2.22. The van der Waals surface area contributed by atoms with Crippen LogP contribution in [0, 0.1) is 5.82 Å². The molecule has 0 aliphatic rings. The summed E-state index contributed by atoms with van der Waals surface area (Å²) in [5.74, 6) is -0.475. The zero-order valence-electron chi connectivity index (χ0n) is 9.58. The van der Waals surface area contributed by atoms with Crippen molar-refractivity contribution >= 4 is 51.9 Å². The van der Waals surface area contributed by atoms with Crippen molar-refractivity contribution in [3.8, 4) is 0 Å². The van der Waals surface area contributed by atoms with Crippen LogP contribution >= 0.6 is 35.4 Å². The number of anilines is 2. The van der Waals surface area contributed by atoms with Crippen LogP contribution in [0.5, 0.6) is 0 Å². The normalized spacial score (nSPS) is 10.1. The number of rotatable bonds is 2. The van der Waals surface area contributed by atoms with Crippen LogP contribution in [0.1, 0.15) is 0 Å². The second kappa shape index (κ2) is 6.19. The van der Waals surface area contributed by atoms with Gasteiger partial charge in [0.2, 0.25) is 0 Å². The summed E-state index contributed by atoms with van der Waals surface area (Å²) in [6.07, 6.45) is 0. The second-order valence-electron chi connectivity index (χ2n) is 3.69. The lowest BCUT2D eigenvalue weighted by Crippen LogP contribution is -2.19. The molecule has 0 spiro atoms. The Balaban J connectivity index is 2.05. The molecule has 19 heavy (non-hydrogen) atoms. The van der Waals surface area contributed by atoms with Crippen LogP contribution < -0.4 is 10.6 Å². The average Bonchev–Trinajstić information content (AvgIpc) is 2.37. The molecule has 2 rings (SSSR count). The summed E-state index contributed by atoms with van der Waals surface area (Å²) in [7, 11) is 0. The molecular weight excluding hydrogens is 306 g/mol. The van der Waals surface area contributed by atoms with Gasteiger partial charge in [-0.1, -0.05) is 35.3 Å². The van der Waals surface area contributed by atoms with Crippen molar-refractivity contribution < 1.29 is 4.39 Å². The molecule has 0 heterocycles. The largest absolute Gasteiger partial charge is 0.332 e. The van der Waals surface area contributed by atoms with Crippen molar-refractivity contribution in [2.75, 3.05) is 10.6 Å². The van der Waals surface area contributed by atoms with Crippen molar-refractivity contribution in [3.05, 3.63) is 58.3 Å². The highest BCUT2D eigenvalue weighted by Gasteiger charge is 2.04. The SMILES string of the molecule is Fc1ccc(NC(=S)Nc2ccccc2Cl)cc1Cl. The standard InChI is InChI=1S/C13H9Cl2FN2S/c14-9-3-1-2-4-12(9)18-13(19)17-8-5-6-11(16)10(15)7-8/h1-7H,(H2,17,18,19). The van der Waals surface area contributed by atoms with Gasteiger partial charge in [0, 0.05) is 5.69 Å². The first kappa shape index (κ1) is 14.1. The second-order valence-corrected chi connectivity index (χ2v) is 4.91. The van der Waals surface area contributed by atoms with E-state index in [9.17, 15) is 4.39 Å². The van der Waals surface area contributed by atoms with Crippen LogP contribution in [0.2, 0.25) is 10.0 Å². The van der Waals surface area contributed by atoms with Crippen molar-refractivity contribution in [1.82, 2.24) is 0 Å². The smallest absolute Gasteiger partial charge is 0.175 e. The topological polar surface area (TPSA) is 24.1 Å². The van der Waals surface area contributed by atoms with E-state index in [1.54, 1.807) is 18.2 Å². The maximum atomic E-state index is 13.0. The van der Waals surface area contributed by atoms with Crippen LogP contribution in [0.4, 0.5) is 15.8 Å². The molecule has 2 aromatic carbocycles. The molecule has 0 saturated carbocycles. The van der Waals surface area contributed by atoms with Crippen LogP contribution in [-0.2, 0) is 0 Å². The molecule has 0 bridgehead atoms. The van der Waals surface area contributed by atoms with E-state index in [4.69, 9.17) is 35.4 Å². The fourth-order valence-electron chi connectivity index (χ4n) is 1.42. The van der Waals surface area contributed by atoms with Gasteiger partial charge in [-0.15, -0.1) is 0 Å². The van der Waals surface area contributed by atoms with Gasteiger partial charge in [-0.05, 0) is 42.5 Å². The molecule has 0 unspecified atom stereocenters. The molecule has 0 fully saturated rings. The van der Waals surface area contributed by atoms with Gasteiger partial charge in [-0.25, -0.2) is 4.39 Å². The molecule has 0 radical (unpaired) electrons. The number of nitrogens with one attached hydrogen (secondary N) is 2.